The van der Waals surface area contributed by atoms with Crippen LogP contribution in [-0.2, 0) is 18.4 Å². The Morgan fingerprint density at radius 1 is 0.593 bits per heavy atom. The minimum Gasteiger partial charge on any atom is -0.393 e. The molecule has 0 bridgehead atoms. The second kappa shape index (κ2) is 35.0. The molecule has 1 aliphatic carbocycles. The summed E-state index contributed by atoms with van der Waals surface area (Å²) in [5.41, 5.74) is 0. The standard InChI is InChI=1S/C45H84NO12P/c1-3-5-7-9-11-13-15-17-19-21-23-25-27-29-31-33-38(48)37(35-57-59(55,56)58-45-43(53)41(51)40(50)42(52)44(45)54)46-39(49)34-36(47)32-30-28-26-24-22-20-18-16-14-12-10-8-6-4-2/h15,17,23,25,31,33,36-38,40-45,47-48,50-54H,3-14,16,18-22,24,26-30,32,34-35H2,1-2H3,(H,46,49)(H,55,56)/b17-15+,25-23+,33-31+. The normalized spacial score (nSPS) is 23.9. The van der Waals surface area contributed by atoms with Crippen LogP contribution in [0.15, 0.2) is 36.5 Å². The topological polar surface area (TPSA) is 226 Å². The van der Waals surface area contributed by atoms with Crippen LogP contribution in [0.25, 0.3) is 0 Å². The number of hydrogen-bond donors (Lipinski definition) is 9. The molecule has 0 spiro atoms. The van der Waals surface area contributed by atoms with Gasteiger partial charge in [-0.2, -0.15) is 0 Å². The summed E-state index contributed by atoms with van der Waals surface area (Å²) >= 11 is 0. The fourth-order valence-corrected chi connectivity index (χ4v) is 8.12. The molecule has 346 valence electrons. The summed E-state index contributed by atoms with van der Waals surface area (Å²) in [5, 5.41) is 74.4. The largest absolute Gasteiger partial charge is 0.472 e. The van der Waals surface area contributed by atoms with E-state index < -0.39 is 75.2 Å². The molecule has 0 aromatic carbocycles. The molecule has 13 nitrogen and oxygen atoms in total. The summed E-state index contributed by atoms with van der Waals surface area (Å²) in [6.45, 7) is 3.70. The summed E-state index contributed by atoms with van der Waals surface area (Å²) in [4.78, 5) is 23.4. The Morgan fingerprint density at radius 3 is 1.49 bits per heavy atom. The van der Waals surface area contributed by atoms with E-state index in [0.29, 0.717) is 19.3 Å². The predicted molar refractivity (Wildman–Crippen MR) is 233 cm³/mol. The first-order valence-corrected chi connectivity index (χ1v) is 24.5. The number of hydrogen-bond acceptors (Lipinski definition) is 11. The number of rotatable bonds is 37. The van der Waals surface area contributed by atoms with Gasteiger partial charge in [0.25, 0.3) is 0 Å². The molecule has 8 atom stereocenters. The third kappa shape index (κ3) is 27.2. The first kappa shape index (κ1) is 55.5. The number of aliphatic hydroxyl groups excluding tert-OH is 7. The first-order chi connectivity index (χ1) is 28.3. The maximum absolute atomic E-state index is 13.0. The van der Waals surface area contributed by atoms with Gasteiger partial charge in [0.2, 0.25) is 5.91 Å². The molecule has 0 radical (unpaired) electrons. The van der Waals surface area contributed by atoms with Gasteiger partial charge in [-0.3, -0.25) is 13.8 Å². The van der Waals surface area contributed by atoms with Crippen LogP contribution in [0.2, 0.25) is 0 Å². The maximum atomic E-state index is 13.0. The molecule has 1 rings (SSSR count). The Bertz CT molecular complexity index is 1160. The van der Waals surface area contributed by atoms with E-state index >= 15 is 0 Å². The highest BCUT2D eigenvalue weighted by molar-refractivity contribution is 7.47. The summed E-state index contributed by atoms with van der Waals surface area (Å²) in [5.74, 6) is -0.607. The van der Waals surface area contributed by atoms with E-state index in [0.717, 1.165) is 44.9 Å². The van der Waals surface area contributed by atoms with Crippen LogP contribution >= 0.6 is 7.82 Å². The van der Waals surface area contributed by atoms with Crippen molar-refractivity contribution >= 4 is 13.7 Å². The van der Waals surface area contributed by atoms with Crippen LogP contribution in [0.1, 0.15) is 181 Å². The first-order valence-electron chi connectivity index (χ1n) is 23.0. The van der Waals surface area contributed by atoms with Crippen molar-refractivity contribution in [3.05, 3.63) is 36.5 Å². The van der Waals surface area contributed by atoms with Gasteiger partial charge in [-0.1, -0.05) is 166 Å². The van der Waals surface area contributed by atoms with Crippen molar-refractivity contribution in [2.45, 2.75) is 236 Å². The van der Waals surface area contributed by atoms with E-state index in [1.165, 1.54) is 102 Å². The summed E-state index contributed by atoms with van der Waals surface area (Å²) in [6.07, 6.45) is 25.2. The lowest BCUT2D eigenvalue weighted by Crippen LogP contribution is -2.64. The predicted octanol–water partition coefficient (Wildman–Crippen LogP) is 7.36. The van der Waals surface area contributed by atoms with Crippen LogP contribution in [0.3, 0.4) is 0 Å². The number of phosphoric ester groups is 1. The molecule has 0 aliphatic heterocycles. The number of amides is 1. The zero-order chi connectivity index (χ0) is 43.7. The number of carbonyl (C=O) groups is 1. The van der Waals surface area contributed by atoms with E-state index in [-0.39, 0.29) is 6.42 Å². The molecule has 14 heteroatoms. The average molecular weight is 862 g/mol. The Hall–Kier alpha value is -1.48. The summed E-state index contributed by atoms with van der Waals surface area (Å²) in [6, 6.07) is -1.26. The molecule has 1 fully saturated rings. The van der Waals surface area contributed by atoms with Gasteiger partial charge >= 0.3 is 7.82 Å². The number of nitrogens with one attached hydrogen (secondary N) is 1. The number of phosphoric acid groups is 1. The number of aliphatic hydroxyl groups is 7. The minimum absolute atomic E-state index is 0.254. The molecule has 9 N–H and O–H groups in total. The highest BCUT2D eigenvalue weighted by atomic mass is 31.2. The molecule has 8 unspecified atom stereocenters. The van der Waals surface area contributed by atoms with Crippen molar-refractivity contribution in [1.29, 1.82) is 0 Å². The van der Waals surface area contributed by atoms with Gasteiger partial charge in [-0.05, 0) is 44.9 Å². The smallest absolute Gasteiger partial charge is 0.393 e. The molecular weight excluding hydrogens is 777 g/mol. The van der Waals surface area contributed by atoms with Gasteiger partial charge in [0.15, 0.2) is 0 Å². The monoisotopic (exact) mass is 862 g/mol. The van der Waals surface area contributed by atoms with E-state index in [1.54, 1.807) is 6.08 Å². The Labute approximate surface area is 356 Å². The quantitative estimate of drug-likeness (QED) is 0.0170. The highest BCUT2D eigenvalue weighted by Crippen LogP contribution is 2.47. The SMILES string of the molecule is CCCCCCC/C=C/CC/C=C/CC/C=C/C(O)C(COP(=O)(O)OC1C(O)C(O)C(O)C(O)C1O)NC(=O)CC(O)CCCCCCCCCCCCCCCC. The van der Waals surface area contributed by atoms with Crippen molar-refractivity contribution in [2.24, 2.45) is 0 Å². The lowest BCUT2D eigenvalue weighted by atomic mass is 9.85. The molecule has 1 amide bonds. The lowest BCUT2D eigenvalue weighted by Gasteiger charge is -2.41. The zero-order valence-electron chi connectivity index (χ0n) is 36.4. The van der Waals surface area contributed by atoms with Gasteiger partial charge in [0, 0.05) is 0 Å². The van der Waals surface area contributed by atoms with Gasteiger partial charge in [-0.25, -0.2) is 4.57 Å². The van der Waals surface area contributed by atoms with Gasteiger partial charge in [0.1, 0.15) is 36.6 Å². The molecule has 0 saturated heterocycles. The molecule has 1 saturated carbocycles. The molecule has 0 aromatic rings. The van der Waals surface area contributed by atoms with Crippen LogP contribution in [0, 0.1) is 0 Å². The van der Waals surface area contributed by atoms with E-state index in [1.807, 2.05) is 0 Å². The second-order valence-corrected chi connectivity index (χ2v) is 17.8. The number of allylic oxidation sites excluding steroid dienone is 5. The highest BCUT2D eigenvalue weighted by Gasteiger charge is 2.51. The van der Waals surface area contributed by atoms with Crippen LogP contribution < -0.4 is 5.32 Å². The molecule has 1 aliphatic rings. The number of carbonyl (C=O) groups excluding carboxylic acids is 1. The van der Waals surface area contributed by atoms with Gasteiger partial charge in [-0.15, -0.1) is 0 Å². The van der Waals surface area contributed by atoms with Crippen molar-refractivity contribution in [1.82, 2.24) is 5.32 Å². The Balaban J connectivity index is 2.60. The van der Waals surface area contributed by atoms with E-state index in [9.17, 15) is 50.0 Å². The molecule has 59 heavy (non-hydrogen) atoms. The fraction of sp³-hybridized carbons (Fsp3) is 0.844. The zero-order valence-corrected chi connectivity index (χ0v) is 37.3. The third-order valence-corrected chi connectivity index (χ3v) is 11.9. The Morgan fingerprint density at radius 2 is 1.00 bits per heavy atom. The Kier molecular flexibility index (Phi) is 33.0. The average Bonchev–Trinajstić information content (AvgIpc) is 3.21. The minimum atomic E-state index is -5.15. The van der Waals surface area contributed by atoms with E-state index in [4.69, 9.17) is 9.05 Å². The van der Waals surface area contributed by atoms with Crippen LogP contribution in [0.5, 0.6) is 0 Å². The maximum Gasteiger partial charge on any atom is 0.472 e. The lowest BCUT2D eigenvalue weighted by molar-refractivity contribution is -0.220. The summed E-state index contributed by atoms with van der Waals surface area (Å²) < 4.78 is 22.8. The molecular formula is C45H84NO12P. The van der Waals surface area contributed by atoms with Crippen LogP contribution in [-0.4, -0.2) is 108 Å². The van der Waals surface area contributed by atoms with Crippen molar-refractivity contribution < 1.29 is 59.0 Å². The van der Waals surface area contributed by atoms with Gasteiger partial charge in [0.05, 0.1) is 31.3 Å². The van der Waals surface area contributed by atoms with Gasteiger partial charge < -0.3 is 46.0 Å². The summed E-state index contributed by atoms with van der Waals surface area (Å²) in [7, 11) is -5.15. The van der Waals surface area contributed by atoms with Crippen molar-refractivity contribution in [3.8, 4) is 0 Å². The van der Waals surface area contributed by atoms with Crippen molar-refractivity contribution in [3.63, 3.8) is 0 Å². The molecule has 0 heterocycles. The number of unbranched alkanes of at least 4 members (excludes halogenated alkanes) is 20. The van der Waals surface area contributed by atoms with E-state index in [2.05, 4.69) is 43.5 Å². The molecule has 0 aromatic heterocycles. The fourth-order valence-electron chi connectivity index (χ4n) is 7.15. The third-order valence-electron chi connectivity index (χ3n) is 11.0. The van der Waals surface area contributed by atoms with Crippen LogP contribution in [0.4, 0.5) is 0 Å². The van der Waals surface area contributed by atoms with Crippen molar-refractivity contribution in [2.75, 3.05) is 6.61 Å². The second-order valence-electron chi connectivity index (χ2n) is 16.4.